The molecule has 0 bridgehead atoms. The molecule has 0 aromatic heterocycles. The highest BCUT2D eigenvalue weighted by molar-refractivity contribution is 7.92. The van der Waals surface area contributed by atoms with Gasteiger partial charge in [0.25, 0.3) is 15.9 Å². The van der Waals surface area contributed by atoms with Crippen molar-refractivity contribution in [2.75, 3.05) is 22.8 Å². The molecule has 4 rings (SSSR count). The molecule has 3 aromatic carbocycles. The van der Waals surface area contributed by atoms with Gasteiger partial charge in [-0.25, -0.2) is 8.42 Å². The third-order valence-electron chi connectivity index (χ3n) is 5.08. The Morgan fingerprint density at radius 3 is 2.41 bits per heavy atom. The second-order valence-corrected chi connectivity index (χ2v) is 9.16. The zero-order chi connectivity index (χ0) is 20.6. The fourth-order valence-corrected chi connectivity index (χ4v) is 4.92. The van der Waals surface area contributed by atoms with E-state index in [1.165, 1.54) is 25.2 Å². The third-order valence-corrected chi connectivity index (χ3v) is 7.19. The van der Waals surface area contributed by atoms with Gasteiger partial charge in [0.15, 0.2) is 0 Å². The number of fused-ring (bicyclic) bond motifs is 1. The summed E-state index contributed by atoms with van der Waals surface area (Å²) in [6.45, 7) is 0.596. The SMILES string of the molecule is CN(c1ccc(C(=O)N2CCc3ccccc32)c(Cl)c1)S(=O)(=O)c1ccccc1. The zero-order valence-electron chi connectivity index (χ0n) is 15.7. The Hall–Kier alpha value is -2.83. The average molecular weight is 427 g/mol. The standard InChI is InChI=1S/C22H19ClN2O3S/c1-24(29(27,28)18-8-3-2-4-9-18)17-11-12-19(20(23)15-17)22(26)25-14-13-16-7-5-6-10-21(16)25/h2-12,15H,13-14H2,1H3. The molecule has 148 valence electrons. The molecule has 0 unspecified atom stereocenters. The fourth-order valence-electron chi connectivity index (χ4n) is 3.46. The van der Waals surface area contributed by atoms with Crippen LogP contribution in [0.3, 0.4) is 0 Å². The zero-order valence-corrected chi connectivity index (χ0v) is 17.3. The van der Waals surface area contributed by atoms with Crippen LogP contribution in [-0.4, -0.2) is 27.9 Å². The summed E-state index contributed by atoms with van der Waals surface area (Å²) in [7, 11) is -2.25. The highest BCUT2D eigenvalue weighted by Crippen LogP contribution is 2.32. The van der Waals surface area contributed by atoms with Gasteiger partial charge in [0.05, 0.1) is 21.2 Å². The van der Waals surface area contributed by atoms with Crippen LogP contribution in [0.4, 0.5) is 11.4 Å². The molecular formula is C22H19ClN2O3S. The Kier molecular flexibility index (Phi) is 5.06. The summed E-state index contributed by atoms with van der Waals surface area (Å²) in [4.78, 5) is 14.9. The first-order valence-corrected chi connectivity index (χ1v) is 10.9. The van der Waals surface area contributed by atoms with Gasteiger partial charge in [0.2, 0.25) is 0 Å². The van der Waals surface area contributed by atoms with Gasteiger partial charge >= 0.3 is 0 Å². The topological polar surface area (TPSA) is 57.7 Å². The van der Waals surface area contributed by atoms with Crippen LogP contribution in [0.2, 0.25) is 5.02 Å². The van der Waals surface area contributed by atoms with Crippen molar-refractivity contribution in [1.29, 1.82) is 0 Å². The van der Waals surface area contributed by atoms with Crippen molar-refractivity contribution >= 4 is 38.9 Å². The molecule has 0 N–H and O–H groups in total. The van der Waals surface area contributed by atoms with Gasteiger partial charge < -0.3 is 4.90 Å². The van der Waals surface area contributed by atoms with E-state index in [4.69, 9.17) is 11.6 Å². The predicted octanol–water partition coefficient (Wildman–Crippen LogP) is 4.37. The largest absolute Gasteiger partial charge is 0.308 e. The first-order valence-electron chi connectivity index (χ1n) is 9.13. The molecule has 0 radical (unpaired) electrons. The number of halogens is 1. The van der Waals surface area contributed by atoms with Crippen molar-refractivity contribution in [2.24, 2.45) is 0 Å². The predicted molar refractivity (Wildman–Crippen MR) is 115 cm³/mol. The number of hydrogen-bond acceptors (Lipinski definition) is 3. The van der Waals surface area contributed by atoms with E-state index >= 15 is 0 Å². The van der Waals surface area contributed by atoms with Crippen LogP contribution >= 0.6 is 11.6 Å². The molecule has 3 aromatic rings. The Morgan fingerprint density at radius 1 is 1.00 bits per heavy atom. The number of anilines is 2. The number of para-hydroxylation sites is 1. The number of sulfonamides is 1. The Labute approximate surface area is 175 Å². The lowest BCUT2D eigenvalue weighted by Crippen LogP contribution is -2.29. The van der Waals surface area contributed by atoms with E-state index < -0.39 is 10.0 Å². The molecule has 0 saturated heterocycles. The number of hydrogen-bond donors (Lipinski definition) is 0. The van der Waals surface area contributed by atoms with Crippen molar-refractivity contribution in [3.8, 4) is 0 Å². The van der Waals surface area contributed by atoms with Crippen LogP contribution in [0.5, 0.6) is 0 Å². The lowest BCUT2D eigenvalue weighted by molar-refractivity contribution is 0.0989. The molecule has 0 saturated carbocycles. The van der Waals surface area contributed by atoms with E-state index in [1.54, 1.807) is 35.2 Å². The van der Waals surface area contributed by atoms with E-state index in [0.717, 1.165) is 22.0 Å². The smallest absolute Gasteiger partial charge is 0.264 e. The third kappa shape index (κ3) is 3.50. The number of carbonyl (C=O) groups is 1. The highest BCUT2D eigenvalue weighted by atomic mass is 35.5. The van der Waals surface area contributed by atoms with Crippen molar-refractivity contribution in [1.82, 2.24) is 0 Å². The van der Waals surface area contributed by atoms with E-state index in [9.17, 15) is 13.2 Å². The van der Waals surface area contributed by atoms with Crippen molar-refractivity contribution < 1.29 is 13.2 Å². The van der Waals surface area contributed by atoms with E-state index in [-0.39, 0.29) is 15.8 Å². The van der Waals surface area contributed by atoms with E-state index in [2.05, 4.69) is 0 Å². The molecule has 0 spiro atoms. The van der Waals surface area contributed by atoms with E-state index in [1.807, 2.05) is 24.3 Å². The number of benzene rings is 3. The van der Waals surface area contributed by atoms with Crippen LogP contribution in [0.1, 0.15) is 15.9 Å². The summed E-state index contributed by atoms with van der Waals surface area (Å²) in [6.07, 6.45) is 0.801. The van der Waals surface area contributed by atoms with Gasteiger partial charge in [-0.1, -0.05) is 48.0 Å². The molecule has 5 nitrogen and oxygen atoms in total. The van der Waals surface area contributed by atoms with Gasteiger partial charge in [0.1, 0.15) is 0 Å². The fraction of sp³-hybridized carbons (Fsp3) is 0.136. The minimum atomic E-state index is -3.72. The Morgan fingerprint density at radius 2 is 1.69 bits per heavy atom. The number of amides is 1. The summed E-state index contributed by atoms with van der Waals surface area (Å²) in [5, 5.41) is 0.215. The van der Waals surface area contributed by atoms with Crippen LogP contribution in [-0.2, 0) is 16.4 Å². The van der Waals surface area contributed by atoms with Gasteiger partial charge in [-0.15, -0.1) is 0 Å². The van der Waals surface area contributed by atoms with Gasteiger partial charge in [-0.05, 0) is 48.4 Å². The van der Waals surface area contributed by atoms with Gasteiger partial charge in [0, 0.05) is 19.3 Å². The van der Waals surface area contributed by atoms with Gasteiger partial charge in [-0.2, -0.15) is 0 Å². The molecule has 0 aliphatic carbocycles. The summed E-state index contributed by atoms with van der Waals surface area (Å²) in [5.41, 5.74) is 2.75. The lowest BCUT2D eigenvalue weighted by atomic mass is 10.1. The molecule has 1 heterocycles. The maximum atomic E-state index is 13.0. The molecule has 1 aliphatic rings. The number of nitrogens with zero attached hydrogens (tertiary/aromatic N) is 2. The average Bonchev–Trinajstić information content (AvgIpc) is 3.17. The summed E-state index contributed by atoms with van der Waals surface area (Å²) >= 11 is 6.40. The summed E-state index contributed by atoms with van der Waals surface area (Å²) < 4.78 is 26.8. The highest BCUT2D eigenvalue weighted by Gasteiger charge is 2.27. The van der Waals surface area contributed by atoms with Crippen LogP contribution < -0.4 is 9.21 Å². The second kappa shape index (κ2) is 7.54. The van der Waals surface area contributed by atoms with E-state index in [0.29, 0.717) is 17.8 Å². The molecule has 7 heteroatoms. The van der Waals surface area contributed by atoms with Crippen molar-refractivity contribution in [2.45, 2.75) is 11.3 Å². The minimum Gasteiger partial charge on any atom is -0.308 e. The minimum absolute atomic E-state index is 0.187. The first kappa shape index (κ1) is 19.5. The molecule has 29 heavy (non-hydrogen) atoms. The molecule has 1 amide bonds. The quantitative estimate of drug-likeness (QED) is 0.622. The number of carbonyl (C=O) groups excluding carboxylic acids is 1. The maximum absolute atomic E-state index is 13.0. The molecule has 0 fully saturated rings. The Bertz CT molecular complexity index is 1180. The number of rotatable bonds is 4. The van der Waals surface area contributed by atoms with Gasteiger partial charge in [-0.3, -0.25) is 9.10 Å². The first-order chi connectivity index (χ1) is 13.9. The monoisotopic (exact) mass is 426 g/mol. The van der Waals surface area contributed by atoms with Crippen LogP contribution in [0.25, 0.3) is 0 Å². The molecule has 0 atom stereocenters. The normalized spacial score (nSPS) is 13.2. The Balaban J connectivity index is 1.63. The summed E-state index contributed by atoms with van der Waals surface area (Å²) in [6, 6.07) is 20.7. The summed E-state index contributed by atoms with van der Waals surface area (Å²) in [5.74, 6) is -0.194. The molecular weight excluding hydrogens is 408 g/mol. The van der Waals surface area contributed by atoms with Crippen LogP contribution in [0.15, 0.2) is 77.7 Å². The van der Waals surface area contributed by atoms with Crippen molar-refractivity contribution in [3.05, 3.63) is 88.9 Å². The van der Waals surface area contributed by atoms with Crippen LogP contribution in [0, 0.1) is 0 Å². The van der Waals surface area contributed by atoms with Crippen molar-refractivity contribution in [3.63, 3.8) is 0 Å². The second-order valence-electron chi connectivity index (χ2n) is 6.79. The molecule has 1 aliphatic heterocycles. The maximum Gasteiger partial charge on any atom is 0.264 e. The lowest BCUT2D eigenvalue weighted by Gasteiger charge is -2.22.